The maximum Gasteiger partial charge on any atom is 0.276 e. The molecule has 2 aromatic rings. The molecule has 30 heavy (non-hydrogen) atoms. The van der Waals surface area contributed by atoms with E-state index in [9.17, 15) is 9.59 Å². The number of hydrogen-bond acceptors (Lipinski definition) is 6. The number of hydrogen-bond donors (Lipinski definition) is 1. The summed E-state index contributed by atoms with van der Waals surface area (Å²) in [6, 6.07) is 4.95. The first-order valence-electron chi connectivity index (χ1n) is 11.0. The smallest absolute Gasteiger partial charge is 0.276 e. The van der Waals surface area contributed by atoms with Gasteiger partial charge in [0.05, 0.1) is 5.69 Å². The van der Waals surface area contributed by atoms with E-state index in [0.29, 0.717) is 11.4 Å². The summed E-state index contributed by atoms with van der Waals surface area (Å²) in [6.45, 7) is 0. The molecular formula is C22H29N5O2S. The van der Waals surface area contributed by atoms with E-state index in [1.807, 2.05) is 18.2 Å². The molecule has 2 heterocycles. The number of amides is 2. The summed E-state index contributed by atoms with van der Waals surface area (Å²) in [5.74, 6) is -0.368. The lowest BCUT2D eigenvalue weighted by Crippen LogP contribution is -2.51. The monoisotopic (exact) mass is 427 g/mol. The van der Waals surface area contributed by atoms with Crippen LogP contribution in [0, 0.1) is 0 Å². The van der Waals surface area contributed by atoms with Gasteiger partial charge in [0, 0.05) is 23.7 Å². The standard InChI is InChI=1S/C22H29N5O2S/c28-21(24-16-9-3-1-4-10-16)20(18-13-7-8-14-23-18)27(17-11-5-2-6-12-17)22(29)19-15-30-26-25-19/h7-8,13-17,20H,1-6,9-12H2,(H,24,28)/t20-/m1/s1. The Kier molecular flexibility index (Phi) is 7.04. The van der Waals surface area contributed by atoms with Crippen LogP contribution in [-0.4, -0.2) is 43.4 Å². The summed E-state index contributed by atoms with van der Waals surface area (Å²) in [5, 5.41) is 8.90. The van der Waals surface area contributed by atoms with Crippen molar-refractivity contribution < 1.29 is 9.59 Å². The minimum Gasteiger partial charge on any atom is -0.351 e. The van der Waals surface area contributed by atoms with Crippen LogP contribution in [-0.2, 0) is 4.79 Å². The van der Waals surface area contributed by atoms with Gasteiger partial charge in [-0.1, -0.05) is 49.1 Å². The number of carbonyl (C=O) groups is 2. The Labute approximate surface area is 181 Å². The molecule has 0 saturated heterocycles. The molecule has 2 saturated carbocycles. The van der Waals surface area contributed by atoms with E-state index < -0.39 is 6.04 Å². The van der Waals surface area contributed by atoms with Crippen LogP contribution < -0.4 is 5.32 Å². The number of aromatic nitrogens is 3. The first kappa shape index (κ1) is 20.9. The van der Waals surface area contributed by atoms with Gasteiger partial charge in [0.1, 0.15) is 0 Å². The van der Waals surface area contributed by atoms with E-state index in [0.717, 1.165) is 62.9 Å². The summed E-state index contributed by atoms with van der Waals surface area (Å²) < 4.78 is 3.87. The van der Waals surface area contributed by atoms with Gasteiger partial charge in [-0.3, -0.25) is 14.6 Å². The highest BCUT2D eigenvalue weighted by molar-refractivity contribution is 7.03. The molecule has 2 aliphatic carbocycles. The molecule has 0 unspecified atom stereocenters. The van der Waals surface area contributed by atoms with Gasteiger partial charge in [0.2, 0.25) is 5.91 Å². The molecule has 0 radical (unpaired) electrons. The molecule has 4 rings (SSSR count). The Morgan fingerprint density at radius 3 is 2.40 bits per heavy atom. The Bertz CT molecular complexity index is 817. The number of nitrogens with one attached hydrogen (secondary N) is 1. The molecule has 0 spiro atoms. The van der Waals surface area contributed by atoms with Crippen molar-refractivity contribution in [2.75, 3.05) is 0 Å². The lowest BCUT2D eigenvalue weighted by molar-refractivity contribution is -0.128. The van der Waals surface area contributed by atoms with Crippen LogP contribution in [0.4, 0.5) is 0 Å². The third kappa shape index (κ3) is 4.86. The highest BCUT2D eigenvalue weighted by atomic mass is 32.1. The third-order valence-electron chi connectivity index (χ3n) is 6.23. The van der Waals surface area contributed by atoms with Crippen molar-refractivity contribution in [3.8, 4) is 0 Å². The fourth-order valence-electron chi connectivity index (χ4n) is 4.71. The van der Waals surface area contributed by atoms with Gasteiger partial charge in [0.25, 0.3) is 5.91 Å². The maximum absolute atomic E-state index is 13.6. The number of pyridine rings is 1. The van der Waals surface area contributed by atoms with Crippen molar-refractivity contribution in [3.63, 3.8) is 0 Å². The predicted molar refractivity (Wildman–Crippen MR) is 115 cm³/mol. The minimum atomic E-state index is -0.759. The van der Waals surface area contributed by atoms with Gasteiger partial charge in [0.15, 0.2) is 11.7 Å². The number of rotatable bonds is 6. The van der Waals surface area contributed by atoms with Crippen LogP contribution in [0.5, 0.6) is 0 Å². The zero-order valence-electron chi connectivity index (χ0n) is 17.2. The van der Waals surface area contributed by atoms with Gasteiger partial charge in [-0.15, -0.1) is 5.10 Å². The van der Waals surface area contributed by atoms with Crippen LogP contribution >= 0.6 is 11.5 Å². The first-order chi connectivity index (χ1) is 14.7. The normalized spacial score (nSPS) is 19.2. The van der Waals surface area contributed by atoms with Crippen molar-refractivity contribution in [1.82, 2.24) is 24.8 Å². The predicted octanol–water partition coefficient (Wildman–Crippen LogP) is 3.90. The van der Waals surface area contributed by atoms with Crippen LogP contribution in [0.25, 0.3) is 0 Å². The second kappa shape index (κ2) is 10.1. The molecule has 2 fully saturated rings. The zero-order valence-corrected chi connectivity index (χ0v) is 18.0. The molecule has 1 N–H and O–H groups in total. The first-order valence-corrected chi connectivity index (χ1v) is 11.9. The highest BCUT2D eigenvalue weighted by Gasteiger charge is 2.39. The quantitative estimate of drug-likeness (QED) is 0.755. The van der Waals surface area contributed by atoms with Crippen LogP contribution in [0.3, 0.4) is 0 Å². The highest BCUT2D eigenvalue weighted by Crippen LogP contribution is 2.32. The van der Waals surface area contributed by atoms with E-state index in [1.165, 1.54) is 12.8 Å². The second-order valence-corrected chi connectivity index (χ2v) is 8.90. The number of carbonyl (C=O) groups excluding carboxylic acids is 2. The van der Waals surface area contributed by atoms with Gasteiger partial charge in [-0.2, -0.15) is 0 Å². The van der Waals surface area contributed by atoms with Crippen LogP contribution in [0.1, 0.15) is 86.4 Å². The van der Waals surface area contributed by atoms with Crippen molar-refractivity contribution >= 4 is 23.3 Å². The Balaban J connectivity index is 1.68. The van der Waals surface area contributed by atoms with Crippen molar-refractivity contribution in [2.24, 2.45) is 0 Å². The zero-order chi connectivity index (χ0) is 20.8. The Morgan fingerprint density at radius 1 is 1.03 bits per heavy atom. The van der Waals surface area contributed by atoms with Crippen molar-refractivity contribution in [2.45, 2.75) is 82.3 Å². The molecule has 7 nitrogen and oxygen atoms in total. The fraction of sp³-hybridized carbons (Fsp3) is 0.591. The average Bonchev–Trinajstić information content (AvgIpc) is 3.34. The summed E-state index contributed by atoms with van der Waals surface area (Å²) in [5.41, 5.74) is 0.907. The van der Waals surface area contributed by atoms with E-state index in [2.05, 4.69) is 19.9 Å². The summed E-state index contributed by atoms with van der Waals surface area (Å²) in [4.78, 5) is 33.4. The molecule has 160 valence electrons. The maximum atomic E-state index is 13.6. The second-order valence-electron chi connectivity index (χ2n) is 8.30. The van der Waals surface area contributed by atoms with Crippen LogP contribution in [0.2, 0.25) is 0 Å². The molecule has 2 aliphatic rings. The Hall–Kier alpha value is -2.35. The molecule has 8 heteroatoms. The van der Waals surface area contributed by atoms with E-state index in [4.69, 9.17) is 0 Å². The van der Waals surface area contributed by atoms with Crippen molar-refractivity contribution in [1.29, 1.82) is 0 Å². The van der Waals surface area contributed by atoms with Gasteiger partial charge < -0.3 is 10.2 Å². The summed E-state index contributed by atoms with van der Waals surface area (Å²) in [7, 11) is 0. The topological polar surface area (TPSA) is 88.1 Å². The minimum absolute atomic E-state index is 0.00272. The molecule has 0 aliphatic heterocycles. The molecule has 2 amide bonds. The van der Waals surface area contributed by atoms with E-state index in [1.54, 1.807) is 16.5 Å². The molecule has 0 bridgehead atoms. The fourth-order valence-corrected chi connectivity index (χ4v) is 5.14. The molecule has 0 aromatic carbocycles. The van der Waals surface area contributed by atoms with E-state index >= 15 is 0 Å². The number of nitrogens with zero attached hydrogens (tertiary/aromatic N) is 4. The van der Waals surface area contributed by atoms with Crippen molar-refractivity contribution in [3.05, 3.63) is 41.2 Å². The van der Waals surface area contributed by atoms with Gasteiger partial charge >= 0.3 is 0 Å². The third-order valence-corrected chi connectivity index (χ3v) is 6.73. The average molecular weight is 428 g/mol. The largest absolute Gasteiger partial charge is 0.351 e. The lowest BCUT2D eigenvalue weighted by Gasteiger charge is -2.39. The molecule has 1 atom stereocenters. The summed E-state index contributed by atoms with van der Waals surface area (Å²) >= 11 is 1.15. The molecule has 2 aromatic heterocycles. The summed E-state index contributed by atoms with van der Waals surface area (Å²) in [6.07, 6.45) is 12.2. The van der Waals surface area contributed by atoms with Gasteiger partial charge in [-0.25, -0.2) is 0 Å². The van der Waals surface area contributed by atoms with E-state index in [-0.39, 0.29) is 23.9 Å². The lowest BCUT2D eigenvalue weighted by atomic mass is 9.91. The Morgan fingerprint density at radius 2 is 1.77 bits per heavy atom. The van der Waals surface area contributed by atoms with Crippen LogP contribution in [0.15, 0.2) is 29.8 Å². The van der Waals surface area contributed by atoms with Gasteiger partial charge in [-0.05, 0) is 49.3 Å². The SMILES string of the molecule is O=C(NC1CCCCC1)[C@@H](c1ccccn1)N(C(=O)c1csnn1)C1CCCCC1. The molecular weight excluding hydrogens is 398 g/mol.